The molecule has 2 rings (SSSR count). The van der Waals surface area contributed by atoms with Gasteiger partial charge in [-0.15, -0.1) is 0 Å². The molecule has 1 aromatic heterocycles. The van der Waals surface area contributed by atoms with Crippen molar-refractivity contribution in [3.05, 3.63) is 53.3 Å². The Balaban J connectivity index is 1.93. The number of hydrogen-bond donors (Lipinski definition) is 1. The van der Waals surface area contributed by atoms with E-state index in [0.29, 0.717) is 6.04 Å². The van der Waals surface area contributed by atoms with Gasteiger partial charge >= 0.3 is 0 Å². The SMILES string of the molecule is CCn1cc(C(C)NCc2cccc(C)c2)cn1. The molecule has 0 aliphatic rings. The van der Waals surface area contributed by atoms with Gasteiger partial charge in [-0.25, -0.2) is 0 Å². The molecule has 18 heavy (non-hydrogen) atoms. The van der Waals surface area contributed by atoms with E-state index in [1.54, 1.807) is 0 Å². The fourth-order valence-corrected chi connectivity index (χ4v) is 1.99. The fraction of sp³-hybridized carbons (Fsp3) is 0.400. The first-order valence-corrected chi connectivity index (χ1v) is 6.50. The van der Waals surface area contributed by atoms with Gasteiger partial charge < -0.3 is 5.32 Å². The molecule has 1 atom stereocenters. The van der Waals surface area contributed by atoms with Gasteiger partial charge in [0.25, 0.3) is 0 Å². The molecular weight excluding hydrogens is 222 g/mol. The number of aromatic nitrogens is 2. The average Bonchev–Trinajstić information content (AvgIpc) is 2.85. The summed E-state index contributed by atoms with van der Waals surface area (Å²) in [5, 5.41) is 7.83. The Kier molecular flexibility index (Phi) is 4.15. The van der Waals surface area contributed by atoms with Crippen molar-refractivity contribution in [1.82, 2.24) is 15.1 Å². The molecule has 0 amide bonds. The van der Waals surface area contributed by atoms with Crippen LogP contribution in [-0.2, 0) is 13.1 Å². The lowest BCUT2D eigenvalue weighted by molar-refractivity contribution is 0.572. The molecule has 0 radical (unpaired) electrons. The summed E-state index contributed by atoms with van der Waals surface area (Å²) in [5.74, 6) is 0. The van der Waals surface area contributed by atoms with E-state index in [0.717, 1.165) is 13.1 Å². The van der Waals surface area contributed by atoms with Gasteiger partial charge in [0, 0.05) is 30.9 Å². The van der Waals surface area contributed by atoms with Crippen LogP contribution in [0.2, 0.25) is 0 Å². The van der Waals surface area contributed by atoms with Crippen molar-refractivity contribution < 1.29 is 0 Å². The summed E-state index contributed by atoms with van der Waals surface area (Å²) in [6.45, 7) is 8.21. The third-order valence-corrected chi connectivity index (χ3v) is 3.17. The van der Waals surface area contributed by atoms with Gasteiger partial charge in [0.05, 0.1) is 6.20 Å². The number of aryl methyl sites for hydroxylation is 2. The molecule has 0 saturated heterocycles. The van der Waals surface area contributed by atoms with Gasteiger partial charge in [-0.2, -0.15) is 5.10 Å². The van der Waals surface area contributed by atoms with E-state index < -0.39 is 0 Å². The highest BCUT2D eigenvalue weighted by atomic mass is 15.3. The lowest BCUT2D eigenvalue weighted by Gasteiger charge is -2.12. The third kappa shape index (κ3) is 3.20. The van der Waals surface area contributed by atoms with E-state index in [-0.39, 0.29) is 0 Å². The maximum absolute atomic E-state index is 4.30. The maximum atomic E-state index is 4.30. The molecule has 0 spiro atoms. The molecular formula is C15H21N3. The second-order valence-electron chi connectivity index (χ2n) is 4.72. The third-order valence-electron chi connectivity index (χ3n) is 3.17. The van der Waals surface area contributed by atoms with Gasteiger partial charge in [0.2, 0.25) is 0 Å². The number of nitrogens with one attached hydrogen (secondary N) is 1. The Bertz CT molecular complexity index is 502. The van der Waals surface area contributed by atoms with Crippen LogP contribution >= 0.6 is 0 Å². The van der Waals surface area contributed by atoms with Crippen LogP contribution in [0.25, 0.3) is 0 Å². The zero-order chi connectivity index (χ0) is 13.0. The molecule has 0 aliphatic carbocycles. The van der Waals surface area contributed by atoms with Crippen LogP contribution in [0.4, 0.5) is 0 Å². The first kappa shape index (κ1) is 12.8. The fourth-order valence-electron chi connectivity index (χ4n) is 1.99. The van der Waals surface area contributed by atoms with Gasteiger partial charge in [-0.1, -0.05) is 29.8 Å². The van der Waals surface area contributed by atoms with E-state index in [9.17, 15) is 0 Å². The normalized spacial score (nSPS) is 12.6. The number of benzene rings is 1. The van der Waals surface area contributed by atoms with Gasteiger partial charge in [0.15, 0.2) is 0 Å². The highest BCUT2D eigenvalue weighted by molar-refractivity contribution is 5.22. The minimum Gasteiger partial charge on any atom is -0.306 e. The minimum atomic E-state index is 0.325. The van der Waals surface area contributed by atoms with Crippen molar-refractivity contribution >= 4 is 0 Å². The van der Waals surface area contributed by atoms with E-state index in [4.69, 9.17) is 0 Å². The quantitative estimate of drug-likeness (QED) is 0.874. The number of hydrogen-bond acceptors (Lipinski definition) is 2. The van der Waals surface area contributed by atoms with Crippen LogP contribution in [-0.4, -0.2) is 9.78 Å². The molecule has 1 heterocycles. The summed E-state index contributed by atoms with van der Waals surface area (Å²) in [7, 11) is 0. The zero-order valence-electron chi connectivity index (χ0n) is 11.4. The smallest absolute Gasteiger partial charge is 0.0537 e. The summed E-state index contributed by atoms with van der Waals surface area (Å²) in [5.41, 5.74) is 3.87. The largest absolute Gasteiger partial charge is 0.306 e. The van der Waals surface area contributed by atoms with E-state index in [2.05, 4.69) is 61.6 Å². The average molecular weight is 243 g/mol. The molecule has 0 saturated carbocycles. The van der Waals surface area contributed by atoms with Crippen LogP contribution < -0.4 is 5.32 Å². The van der Waals surface area contributed by atoms with E-state index in [1.165, 1.54) is 16.7 Å². The molecule has 0 bridgehead atoms. The Morgan fingerprint density at radius 2 is 2.22 bits per heavy atom. The monoisotopic (exact) mass is 243 g/mol. The summed E-state index contributed by atoms with van der Waals surface area (Å²) < 4.78 is 1.96. The highest BCUT2D eigenvalue weighted by Crippen LogP contribution is 2.12. The Hall–Kier alpha value is -1.61. The molecule has 3 heteroatoms. The van der Waals surface area contributed by atoms with E-state index >= 15 is 0 Å². The Morgan fingerprint density at radius 1 is 1.39 bits per heavy atom. The molecule has 0 fully saturated rings. The highest BCUT2D eigenvalue weighted by Gasteiger charge is 2.07. The Morgan fingerprint density at radius 3 is 2.89 bits per heavy atom. The lowest BCUT2D eigenvalue weighted by Crippen LogP contribution is -2.17. The first-order chi connectivity index (χ1) is 8.69. The molecule has 3 nitrogen and oxygen atoms in total. The first-order valence-electron chi connectivity index (χ1n) is 6.50. The van der Waals surface area contributed by atoms with Crippen LogP contribution in [0, 0.1) is 6.92 Å². The summed E-state index contributed by atoms with van der Waals surface area (Å²) in [6, 6.07) is 8.92. The predicted octanol–water partition coefficient (Wildman–Crippen LogP) is 3.06. The lowest BCUT2D eigenvalue weighted by atomic mass is 10.1. The minimum absolute atomic E-state index is 0.325. The molecule has 1 N–H and O–H groups in total. The molecule has 2 aromatic rings. The standard InChI is InChI=1S/C15H21N3/c1-4-18-11-15(10-17-18)13(3)16-9-14-7-5-6-12(2)8-14/h5-8,10-11,13,16H,4,9H2,1-3H3. The maximum Gasteiger partial charge on any atom is 0.0537 e. The second-order valence-corrected chi connectivity index (χ2v) is 4.72. The van der Waals surface area contributed by atoms with Crippen LogP contribution in [0.1, 0.15) is 36.6 Å². The Labute approximate surface area is 109 Å². The summed E-state index contributed by atoms with van der Waals surface area (Å²) in [4.78, 5) is 0. The predicted molar refractivity (Wildman–Crippen MR) is 74.3 cm³/mol. The number of nitrogens with zero attached hydrogens (tertiary/aromatic N) is 2. The van der Waals surface area contributed by atoms with Gasteiger partial charge in [-0.05, 0) is 26.3 Å². The van der Waals surface area contributed by atoms with Crippen LogP contribution in [0.5, 0.6) is 0 Å². The molecule has 1 aromatic carbocycles. The van der Waals surface area contributed by atoms with Crippen molar-refractivity contribution in [3.8, 4) is 0 Å². The van der Waals surface area contributed by atoms with Crippen molar-refractivity contribution in [1.29, 1.82) is 0 Å². The van der Waals surface area contributed by atoms with E-state index in [1.807, 2.05) is 10.9 Å². The van der Waals surface area contributed by atoms with Crippen LogP contribution in [0.3, 0.4) is 0 Å². The molecule has 1 unspecified atom stereocenters. The van der Waals surface area contributed by atoms with Crippen molar-refractivity contribution in [2.24, 2.45) is 0 Å². The van der Waals surface area contributed by atoms with Crippen molar-refractivity contribution in [3.63, 3.8) is 0 Å². The van der Waals surface area contributed by atoms with Crippen molar-refractivity contribution in [2.75, 3.05) is 0 Å². The van der Waals surface area contributed by atoms with Crippen LogP contribution in [0.15, 0.2) is 36.7 Å². The van der Waals surface area contributed by atoms with Gasteiger partial charge in [0.1, 0.15) is 0 Å². The molecule has 0 aliphatic heterocycles. The number of rotatable bonds is 5. The van der Waals surface area contributed by atoms with Gasteiger partial charge in [-0.3, -0.25) is 4.68 Å². The van der Waals surface area contributed by atoms with Crippen molar-refractivity contribution in [2.45, 2.75) is 39.9 Å². The molecule has 96 valence electrons. The second kappa shape index (κ2) is 5.83. The zero-order valence-corrected chi connectivity index (χ0v) is 11.4. The summed E-state index contributed by atoms with van der Waals surface area (Å²) >= 11 is 0. The topological polar surface area (TPSA) is 29.9 Å². The summed E-state index contributed by atoms with van der Waals surface area (Å²) in [6.07, 6.45) is 4.05.